The largest absolute Gasteiger partial charge is 0.383 e. The first kappa shape index (κ1) is 15.6. The van der Waals surface area contributed by atoms with Crippen LogP contribution in [0.15, 0.2) is 35.1 Å². The molecule has 1 aliphatic heterocycles. The SMILES string of the molecule is Cn1c(N2CCC(C)(N)CC2)nc(N)c(-c2ccccc2)c1=O. The fourth-order valence-corrected chi connectivity index (χ4v) is 2.98. The third-order valence-corrected chi connectivity index (χ3v) is 4.55. The first-order valence-electron chi connectivity index (χ1n) is 7.85. The Hall–Kier alpha value is -2.34. The molecular weight excluding hydrogens is 290 g/mol. The molecule has 1 aromatic heterocycles. The molecule has 1 aliphatic rings. The highest BCUT2D eigenvalue weighted by atomic mass is 16.1. The molecule has 0 aliphatic carbocycles. The molecule has 0 bridgehead atoms. The van der Waals surface area contributed by atoms with Gasteiger partial charge < -0.3 is 16.4 Å². The molecule has 0 atom stereocenters. The summed E-state index contributed by atoms with van der Waals surface area (Å²) in [5.74, 6) is 0.887. The molecule has 1 aromatic carbocycles. The summed E-state index contributed by atoms with van der Waals surface area (Å²) in [6.45, 7) is 3.61. The summed E-state index contributed by atoms with van der Waals surface area (Å²) in [4.78, 5) is 19.4. The fraction of sp³-hybridized carbons (Fsp3) is 0.412. The van der Waals surface area contributed by atoms with Crippen LogP contribution in [0.25, 0.3) is 11.1 Å². The Morgan fingerprint density at radius 2 is 1.78 bits per heavy atom. The van der Waals surface area contributed by atoms with E-state index in [2.05, 4.69) is 16.8 Å². The minimum absolute atomic E-state index is 0.125. The van der Waals surface area contributed by atoms with Gasteiger partial charge >= 0.3 is 0 Å². The van der Waals surface area contributed by atoms with Gasteiger partial charge in [-0.2, -0.15) is 4.98 Å². The molecule has 0 unspecified atom stereocenters. The number of hydrogen-bond donors (Lipinski definition) is 2. The summed E-state index contributed by atoms with van der Waals surface area (Å²) < 4.78 is 1.58. The van der Waals surface area contributed by atoms with Crippen LogP contribution in [-0.4, -0.2) is 28.2 Å². The summed E-state index contributed by atoms with van der Waals surface area (Å²) in [6.07, 6.45) is 1.73. The highest BCUT2D eigenvalue weighted by Gasteiger charge is 2.28. The first-order valence-corrected chi connectivity index (χ1v) is 7.85. The predicted octanol–water partition coefficient (Wildman–Crippen LogP) is 1.35. The number of hydrogen-bond acceptors (Lipinski definition) is 5. The lowest BCUT2D eigenvalue weighted by molar-refractivity contribution is 0.360. The lowest BCUT2D eigenvalue weighted by atomic mass is 9.91. The van der Waals surface area contributed by atoms with Crippen molar-refractivity contribution in [2.75, 3.05) is 23.7 Å². The van der Waals surface area contributed by atoms with E-state index in [1.165, 1.54) is 0 Å². The summed E-state index contributed by atoms with van der Waals surface area (Å²) in [6, 6.07) is 9.41. The standard InChI is InChI=1S/C17H23N5O/c1-17(19)8-10-22(11-9-17)16-20-14(18)13(15(23)21(16)2)12-6-4-3-5-7-12/h3-7H,8-11,18-19H2,1-2H3. The normalized spacial score (nSPS) is 17.3. The molecule has 0 radical (unpaired) electrons. The van der Waals surface area contributed by atoms with E-state index >= 15 is 0 Å². The third-order valence-electron chi connectivity index (χ3n) is 4.55. The number of nitrogens with zero attached hydrogens (tertiary/aromatic N) is 3. The second-order valence-corrected chi connectivity index (χ2v) is 6.54. The molecule has 0 spiro atoms. The van der Waals surface area contributed by atoms with Crippen LogP contribution in [0.4, 0.5) is 11.8 Å². The van der Waals surface area contributed by atoms with E-state index in [1.807, 2.05) is 30.3 Å². The lowest BCUT2D eigenvalue weighted by Crippen LogP contribution is -2.49. The smallest absolute Gasteiger partial charge is 0.264 e. The number of anilines is 2. The molecule has 2 heterocycles. The second kappa shape index (κ2) is 5.70. The first-order chi connectivity index (χ1) is 10.9. The molecule has 3 rings (SSSR count). The molecule has 23 heavy (non-hydrogen) atoms. The van der Waals surface area contributed by atoms with Gasteiger partial charge in [0.05, 0.1) is 5.56 Å². The maximum absolute atomic E-state index is 12.8. The van der Waals surface area contributed by atoms with Crippen LogP contribution >= 0.6 is 0 Å². The minimum Gasteiger partial charge on any atom is -0.383 e. The Morgan fingerprint density at radius 1 is 1.17 bits per heavy atom. The second-order valence-electron chi connectivity index (χ2n) is 6.54. The summed E-state index contributed by atoms with van der Waals surface area (Å²) >= 11 is 0. The van der Waals surface area contributed by atoms with Crippen molar-refractivity contribution in [3.8, 4) is 11.1 Å². The average Bonchev–Trinajstić information content (AvgIpc) is 2.52. The van der Waals surface area contributed by atoms with Gasteiger partial charge in [-0.25, -0.2) is 0 Å². The zero-order chi connectivity index (χ0) is 16.6. The Morgan fingerprint density at radius 3 is 2.39 bits per heavy atom. The molecular formula is C17H23N5O. The Bertz CT molecular complexity index is 757. The quantitative estimate of drug-likeness (QED) is 0.873. The summed E-state index contributed by atoms with van der Waals surface area (Å²) in [5.41, 5.74) is 13.3. The van der Waals surface area contributed by atoms with Crippen molar-refractivity contribution < 1.29 is 0 Å². The van der Waals surface area contributed by atoms with Crippen LogP contribution in [0.2, 0.25) is 0 Å². The van der Waals surface area contributed by atoms with Gasteiger partial charge in [-0.05, 0) is 25.3 Å². The molecule has 4 N–H and O–H groups in total. The van der Waals surface area contributed by atoms with E-state index in [-0.39, 0.29) is 16.9 Å². The van der Waals surface area contributed by atoms with Crippen molar-refractivity contribution in [1.82, 2.24) is 9.55 Å². The van der Waals surface area contributed by atoms with Gasteiger partial charge in [0, 0.05) is 25.7 Å². The van der Waals surface area contributed by atoms with Crippen molar-refractivity contribution in [1.29, 1.82) is 0 Å². The van der Waals surface area contributed by atoms with E-state index in [9.17, 15) is 4.79 Å². The molecule has 0 saturated carbocycles. The molecule has 122 valence electrons. The molecule has 0 amide bonds. The van der Waals surface area contributed by atoms with Crippen LogP contribution in [0.1, 0.15) is 19.8 Å². The van der Waals surface area contributed by atoms with Gasteiger partial charge in [-0.3, -0.25) is 9.36 Å². The molecule has 6 heteroatoms. The fourth-order valence-electron chi connectivity index (χ4n) is 2.98. The van der Waals surface area contributed by atoms with Crippen molar-refractivity contribution in [3.05, 3.63) is 40.7 Å². The predicted molar refractivity (Wildman–Crippen MR) is 93.4 cm³/mol. The van der Waals surface area contributed by atoms with Crippen molar-refractivity contribution in [3.63, 3.8) is 0 Å². The number of rotatable bonds is 2. The van der Waals surface area contributed by atoms with Crippen molar-refractivity contribution >= 4 is 11.8 Å². The van der Waals surface area contributed by atoms with Crippen LogP contribution < -0.4 is 21.9 Å². The van der Waals surface area contributed by atoms with E-state index in [0.717, 1.165) is 31.5 Å². The number of aromatic nitrogens is 2. The van der Waals surface area contributed by atoms with Crippen LogP contribution in [-0.2, 0) is 7.05 Å². The summed E-state index contributed by atoms with van der Waals surface area (Å²) in [5, 5.41) is 0. The van der Waals surface area contributed by atoms with Gasteiger partial charge in [0.25, 0.3) is 5.56 Å². The molecule has 1 saturated heterocycles. The van der Waals surface area contributed by atoms with E-state index in [4.69, 9.17) is 11.5 Å². The van der Waals surface area contributed by atoms with Gasteiger partial charge in [0.1, 0.15) is 5.82 Å². The zero-order valence-corrected chi connectivity index (χ0v) is 13.6. The topological polar surface area (TPSA) is 90.2 Å². The van der Waals surface area contributed by atoms with E-state index in [0.29, 0.717) is 11.5 Å². The van der Waals surface area contributed by atoms with E-state index in [1.54, 1.807) is 11.6 Å². The molecule has 6 nitrogen and oxygen atoms in total. The van der Waals surface area contributed by atoms with Gasteiger partial charge in [0.15, 0.2) is 0 Å². The van der Waals surface area contributed by atoms with Crippen molar-refractivity contribution in [2.24, 2.45) is 12.8 Å². The molecule has 2 aromatic rings. The van der Waals surface area contributed by atoms with Crippen LogP contribution in [0.5, 0.6) is 0 Å². The number of nitrogen functional groups attached to an aromatic ring is 1. The minimum atomic E-state index is -0.148. The Balaban J connectivity index is 2.01. The maximum Gasteiger partial charge on any atom is 0.264 e. The monoisotopic (exact) mass is 313 g/mol. The maximum atomic E-state index is 12.8. The third kappa shape index (κ3) is 2.94. The summed E-state index contributed by atoms with van der Waals surface area (Å²) in [7, 11) is 1.74. The lowest BCUT2D eigenvalue weighted by Gasteiger charge is -2.37. The molecule has 1 fully saturated rings. The highest BCUT2D eigenvalue weighted by Crippen LogP contribution is 2.26. The van der Waals surface area contributed by atoms with Crippen molar-refractivity contribution in [2.45, 2.75) is 25.3 Å². The van der Waals surface area contributed by atoms with Gasteiger partial charge in [-0.1, -0.05) is 30.3 Å². The van der Waals surface area contributed by atoms with E-state index < -0.39 is 0 Å². The Labute approximate surface area is 135 Å². The van der Waals surface area contributed by atoms with Crippen LogP contribution in [0.3, 0.4) is 0 Å². The Kier molecular flexibility index (Phi) is 3.85. The van der Waals surface area contributed by atoms with Gasteiger partial charge in [0.2, 0.25) is 5.95 Å². The number of piperidine rings is 1. The van der Waals surface area contributed by atoms with Crippen LogP contribution in [0, 0.1) is 0 Å². The van der Waals surface area contributed by atoms with Gasteiger partial charge in [-0.15, -0.1) is 0 Å². The number of benzene rings is 1. The average molecular weight is 313 g/mol. The highest BCUT2D eigenvalue weighted by molar-refractivity contribution is 5.73. The number of nitrogens with two attached hydrogens (primary N) is 2. The zero-order valence-electron chi connectivity index (χ0n) is 13.6.